The molecule has 2 N–H and O–H groups in total. The van der Waals surface area contributed by atoms with Crippen molar-refractivity contribution in [1.82, 2.24) is 30.0 Å². The van der Waals surface area contributed by atoms with E-state index in [1.54, 1.807) is 6.20 Å². The van der Waals surface area contributed by atoms with E-state index in [4.69, 9.17) is 0 Å². The monoisotopic (exact) mass is 350 g/mol. The minimum Gasteiger partial charge on any atom is -0.337 e. The summed E-state index contributed by atoms with van der Waals surface area (Å²) in [5.41, 5.74) is -0.431. The van der Waals surface area contributed by atoms with Gasteiger partial charge in [-0.05, 0) is 6.07 Å². The summed E-state index contributed by atoms with van der Waals surface area (Å²) in [5, 5.41) is 9.12. The van der Waals surface area contributed by atoms with E-state index in [1.807, 2.05) is 17.8 Å². The standard InChI is InChI=1S/C13H17F3N6.ClH/c1-21-4-3-18-12(21)10-7-17-2-5-22(10)8-9-6-11(20-19-9)13(14,15)16;/h3-4,6,10,17H,2,5,7-8H2,1H3,(H,19,20);1H. The van der Waals surface area contributed by atoms with Gasteiger partial charge >= 0.3 is 6.18 Å². The van der Waals surface area contributed by atoms with Crippen LogP contribution in [0.3, 0.4) is 0 Å². The number of hydrogen-bond acceptors (Lipinski definition) is 4. The van der Waals surface area contributed by atoms with Crippen LogP contribution in [0.1, 0.15) is 23.3 Å². The molecule has 0 aliphatic carbocycles. The number of aromatic nitrogens is 4. The van der Waals surface area contributed by atoms with Crippen LogP contribution in [0.4, 0.5) is 13.2 Å². The number of halogens is 4. The van der Waals surface area contributed by atoms with Gasteiger partial charge in [-0.1, -0.05) is 0 Å². The van der Waals surface area contributed by atoms with Crippen LogP contribution in [0.5, 0.6) is 0 Å². The molecule has 0 radical (unpaired) electrons. The molecule has 1 aliphatic rings. The normalized spacial score (nSPS) is 19.6. The van der Waals surface area contributed by atoms with E-state index in [1.165, 1.54) is 0 Å². The zero-order chi connectivity index (χ0) is 15.7. The second kappa shape index (κ2) is 6.90. The number of piperazine rings is 1. The molecule has 1 fully saturated rings. The molecule has 23 heavy (non-hydrogen) atoms. The van der Waals surface area contributed by atoms with Gasteiger partial charge in [-0.2, -0.15) is 18.3 Å². The highest BCUT2D eigenvalue weighted by Gasteiger charge is 2.34. The molecule has 2 aromatic rings. The Kier molecular flexibility index (Phi) is 5.33. The van der Waals surface area contributed by atoms with Crippen molar-refractivity contribution < 1.29 is 13.2 Å². The molecule has 1 aliphatic heterocycles. The first-order chi connectivity index (χ1) is 10.4. The first-order valence-electron chi connectivity index (χ1n) is 6.98. The van der Waals surface area contributed by atoms with Crippen LogP contribution in [0.25, 0.3) is 0 Å². The van der Waals surface area contributed by atoms with E-state index in [9.17, 15) is 13.2 Å². The second-order valence-corrected chi connectivity index (χ2v) is 5.36. The van der Waals surface area contributed by atoms with Crippen molar-refractivity contribution in [2.45, 2.75) is 18.8 Å². The molecule has 0 spiro atoms. The van der Waals surface area contributed by atoms with Crippen molar-refractivity contribution in [2.75, 3.05) is 19.6 Å². The van der Waals surface area contributed by atoms with E-state index >= 15 is 0 Å². The lowest BCUT2D eigenvalue weighted by molar-refractivity contribution is -0.141. The lowest BCUT2D eigenvalue weighted by Gasteiger charge is -2.35. The van der Waals surface area contributed by atoms with Gasteiger partial charge in [-0.15, -0.1) is 12.4 Å². The van der Waals surface area contributed by atoms with E-state index in [0.29, 0.717) is 18.8 Å². The predicted molar refractivity (Wildman–Crippen MR) is 80.1 cm³/mol. The van der Waals surface area contributed by atoms with E-state index in [-0.39, 0.29) is 18.4 Å². The Morgan fingerprint density at radius 1 is 1.39 bits per heavy atom. The first-order valence-corrected chi connectivity index (χ1v) is 6.98. The smallest absolute Gasteiger partial charge is 0.337 e. The molecule has 1 unspecified atom stereocenters. The summed E-state index contributed by atoms with van der Waals surface area (Å²) in [7, 11) is 1.91. The molecule has 3 heterocycles. The van der Waals surface area contributed by atoms with Crippen LogP contribution in [-0.2, 0) is 19.8 Å². The van der Waals surface area contributed by atoms with E-state index < -0.39 is 11.9 Å². The van der Waals surface area contributed by atoms with Crippen molar-refractivity contribution in [2.24, 2.45) is 7.05 Å². The van der Waals surface area contributed by atoms with Gasteiger partial charge in [0.2, 0.25) is 0 Å². The minimum absolute atomic E-state index is 0. The maximum atomic E-state index is 12.6. The van der Waals surface area contributed by atoms with Crippen LogP contribution in [0, 0.1) is 0 Å². The number of aryl methyl sites for hydroxylation is 1. The summed E-state index contributed by atoms with van der Waals surface area (Å²) in [6.07, 6.45) is -0.836. The number of aromatic amines is 1. The highest BCUT2D eigenvalue weighted by atomic mass is 35.5. The fourth-order valence-electron chi connectivity index (χ4n) is 2.70. The Morgan fingerprint density at radius 2 is 2.17 bits per heavy atom. The summed E-state index contributed by atoms with van der Waals surface area (Å²) < 4.78 is 39.8. The molecule has 0 aromatic carbocycles. The van der Waals surface area contributed by atoms with Crippen LogP contribution in [0.2, 0.25) is 0 Å². The van der Waals surface area contributed by atoms with Crippen LogP contribution in [-0.4, -0.2) is 44.3 Å². The highest BCUT2D eigenvalue weighted by Crippen LogP contribution is 2.29. The lowest BCUT2D eigenvalue weighted by atomic mass is 10.1. The molecule has 6 nitrogen and oxygen atoms in total. The molecule has 1 atom stereocenters. The molecule has 2 aromatic heterocycles. The number of nitrogens with one attached hydrogen (secondary N) is 2. The predicted octanol–water partition coefficient (Wildman–Crippen LogP) is 1.73. The van der Waals surface area contributed by atoms with Gasteiger partial charge in [0, 0.05) is 51.3 Å². The summed E-state index contributed by atoms with van der Waals surface area (Å²) in [6, 6.07) is 1.09. The number of rotatable bonds is 3. The van der Waals surface area contributed by atoms with Crippen molar-refractivity contribution in [3.8, 4) is 0 Å². The maximum Gasteiger partial charge on any atom is 0.435 e. The number of H-pyrrole nitrogens is 1. The van der Waals surface area contributed by atoms with Gasteiger partial charge < -0.3 is 9.88 Å². The fraction of sp³-hybridized carbons (Fsp3) is 0.538. The molecule has 0 amide bonds. The van der Waals surface area contributed by atoms with E-state index in [2.05, 4.69) is 25.4 Å². The Morgan fingerprint density at radius 3 is 2.78 bits per heavy atom. The molecule has 0 bridgehead atoms. The van der Waals surface area contributed by atoms with Gasteiger partial charge in [-0.25, -0.2) is 4.98 Å². The van der Waals surface area contributed by atoms with Gasteiger partial charge in [-0.3, -0.25) is 10.00 Å². The highest BCUT2D eigenvalue weighted by molar-refractivity contribution is 5.85. The molecule has 1 saturated heterocycles. The van der Waals surface area contributed by atoms with Crippen molar-refractivity contribution in [1.29, 1.82) is 0 Å². The average molecular weight is 351 g/mol. The summed E-state index contributed by atoms with van der Waals surface area (Å²) in [5.74, 6) is 0.891. The van der Waals surface area contributed by atoms with Gasteiger partial charge in [0.15, 0.2) is 5.69 Å². The van der Waals surface area contributed by atoms with Crippen LogP contribution < -0.4 is 5.32 Å². The number of alkyl halides is 3. The largest absolute Gasteiger partial charge is 0.435 e. The fourth-order valence-corrected chi connectivity index (χ4v) is 2.70. The quantitative estimate of drug-likeness (QED) is 0.885. The third kappa shape index (κ3) is 3.85. The molecule has 3 rings (SSSR count). The first kappa shape index (κ1) is 17.8. The van der Waals surface area contributed by atoms with Crippen molar-refractivity contribution >= 4 is 12.4 Å². The summed E-state index contributed by atoms with van der Waals surface area (Å²) in [6.45, 7) is 2.62. The Hall–Kier alpha value is -1.58. The molecular weight excluding hydrogens is 333 g/mol. The topological polar surface area (TPSA) is 61.8 Å². The molecule has 10 heteroatoms. The number of hydrogen-bond donors (Lipinski definition) is 2. The van der Waals surface area contributed by atoms with E-state index in [0.717, 1.165) is 25.0 Å². The van der Waals surface area contributed by atoms with Gasteiger partial charge in [0.25, 0.3) is 0 Å². The minimum atomic E-state index is -4.42. The zero-order valence-electron chi connectivity index (χ0n) is 12.5. The van der Waals surface area contributed by atoms with Gasteiger partial charge in [0.1, 0.15) is 5.82 Å². The SMILES string of the molecule is Cl.Cn1ccnc1C1CNCCN1Cc1cc(C(F)(F)F)n[nH]1. The lowest BCUT2D eigenvalue weighted by Crippen LogP contribution is -2.46. The average Bonchev–Trinajstić information content (AvgIpc) is 3.08. The third-order valence-electron chi connectivity index (χ3n) is 3.81. The number of nitrogens with zero attached hydrogens (tertiary/aromatic N) is 4. The zero-order valence-corrected chi connectivity index (χ0v) is 13.3. The van der Waals surface area contributed by atoms with Crippen molar-refractivity contribution in [3.05, 3.63) is 35.7 Å². The summed E-state index contributed by atoms with van der Waals surface area (Å²) >= 11 is 0. The van der Waals surface area contributed by atoms with Crippen LogP contribution in [0.15, 0.2) is 18.5 Å². The molecule has 128 valence electrons. The van der Waals surface area contributed by atoms with Gasteiger partial charge in [0.05, 0.1) is 6.04 Å². The number of imidazole rings is 1. The Balaban J connectivity index is 0.00000192. The summed E-state index contributed by atoms with van der Waals surface area (Å²) in [4.78, 5) is 6.45. The third-order valence-corrected chi connectivity index (χ3v) is 3.81. The Bertz CT molecular complexity index is 638. The molecular formula is C13H18ClF3N6. The molecule has 0 saturated carbocycles. The van der Waals surface area contributed by atoms with Crippen LogP contribution >= 0.6 is 12.4 Å². The Labute approximate surface area is 137 Å². The second-order valence-electron chi connectivity index (χ2n) is 5.36. The van der Waals surface area contributed by atoms with Crippen molar-refractivity contribution in [3.63, 3.8) is 0 Å². The maximum absolute atomic E-state index is 12.6.